The van der Waals surface area contributed by atoms with Crippen LogP contribution in [-0.2, 0) is 16.8 Å². The van der Waals surface area contributed by atoms with Crippen LogP contribution in [0, 0.1) is 5.82 Å². The quantitative estimate of drug-likeness (QED) is 0.846. The van der Waals surface area contributed by atoms with Crippen molar-refractivity contribution in [2.24, 2.45) is 0 Å². The van der Waals surface area contributed by atoms with E-state index in [1.807, 2.05) is 36.9 Å². The van der Waals surface area contributed by atoms with Crippen molar-refractivity contribution in [2.75, 3.05) is 13.1 Å². The molecule has 0 unspecified atom stereocenters. The molecular weight excluding hydrogens is 343 g/mol. The van der Waals surface area contributed by atoms with Gasteiger partial charge in [-0.2, -0.15) is 0 Å². The molecule has 4 nitrogen and oxygen atoms in total. The van der Waals surface area contributed by atoms with Crippen LogP contribution in [0.2, 0.25) is 0 Å². The van der Waals surface area contributed by atoms with E-state index in [-0.39, 0.29) is 17.6 Å². The first-order chi connectivity index (χ1) is 12.9. The van der Waals surface area contributed by atoms with Crippen LogP contribution >= 0.6 is 0 Å². The number of halogens is 1. The second kappa shape index (κ2) is 7.91. The number of carbonyl (C=O) groups is 2. The summed E-state index contributed by atoms with van der Waals surface area (Å²) in [5.41, 5.74) is 1.53. The number of carbonyl (C=O) groups excluding carboxylic acids is 2. The highest BCUT2D eigenvalue weighted by Gasteiger charge is 2.25. The van der Waals surface area contributed by atoms with Crippen LogP contribution in [0.4, 0.5) is 4.39 Å². The molecule has 5 heteroatoms. The Balaban J connectivity index is 1.65. The molecule has 142 valence electrons. The van der Waals surface area contributed by atoms with E-state index < -0.39 is 5.41 Å². The van der Waals surface area contributed by atoms with Crippen molar-refractivity contribution in [3.8, 4) is 0 Å². The van der Waals surface area contributed by atoms with Gasteiger partial charge in [-0.1, -0.05) is 44.2 Å². The van der Waals surface area contributed by atoms with Gasteiger partial charge in [-0.3, -0.25) is 9.59 Å². The summed E-state index contributed by atoms with van der Waals surface area (Å²) < 4.78 is 14.1. The van der Waals surface area contributed by atoms with Gasteiger partial charge in [-0.05, 0) is 35.7 Å². The average molecular weight is 368 g/mol. The standard InChI is InChI=1S/C22H25FN2O2/c1-22(2,18-9-3-4-10-19(18)23)15-24-21(27)17-8-5-7-16(13-17)14-25-12-6-11-20(25)26/h3-5,7-10,13H,6,11-12,14-15H2,1-2H3,(H,24,27). The molecule has 1 saturated heterocycles. The van der Waals surface area contributed by atoms with E-state index in [0.29, 0.717) is 30.6 Å². The van der Waals surface area contributed by atoms with Crippen molar-refractivity contribution in [1.82, 2.24) is 10.2 Å². The van der Waals surface area contributed by atoms with Crippen molar-refractivity contribution < 1.29 is 14.0 Å². The van der Waals surface area contributed by atoms with Crippen molar-refractivity contribution >= 4 is 11.8 Å². The summed E-state index contributed by atoms with van der Waals surface area (Å²) in [6, 6.07) is 13.9. The lowest BCUT2D eigenvalue weighted by atomic mass is 9.84. The molecule has 0 aromatic heterocycles. The Hall–Kier alpha value is -2.69. The van der Waals surface area contributed by atoms with E-state index in [2.05, 4.69) is 5.32 Å². The fourth-order valence-corrected chi connectivity index (χ4v) is 3.41. The van der Waals surface area contributed by atoms with Gasteiger partial charge in [0.05, 0.1) is 0 Å². The molecule has 1 heterocycles. The summed E-state index contributed by atoms with van der Waals surface area (Å²) in [6.45, 7) is 5.43. The Morgan fingerprint density at radius 1 is 1.19 bits per heavy atom. The van der Waals surface area contributed by atoms with Gasteiger partial charge >= 0.3 is 0 Å². The van der Waals surface area contributed by atoms with E-state index in [0.717, 1.165) is 18.5 Å². The van der Waals surface area contributed by atoms with Gasteiger partial charge < -0.3 is 10.2 Å². The molecule has 1 fully saturated rings. The molecule has 0 bridgehead atoms. The smallest absolute Gasteiger partial charge is 0.251 e. The lowest BCUT2D eigenvalue weighted by Crippen LogP contribution is -2.37. The molecule has 3 rings (SSSR count). The summed E-state index contributed by atoms with van der Waals surface area (Å²) in [7, 11) is 0. The van der Waals surface area contributed by atoms with Gasteiger partial charge in [0.25, 0.3) is 5.91 Å². The Labute approximate surface area is 159 Å². The summed E-state index contributed by atoms with van der Waals surface area (Å²) in [5.74, 6) is -0.306. The molecule has 1 aliphatic rings. The zero-order valence-corrected chi connectivity index (χ0v) is 15.8. The molecular formula is C22H25FN2O2. The van der Waals surface area contributed by atoms with E-state index >= 15 is 0 Å². The maximum absolute atomic E-state index is 14.1. The fraction of sp³-hybridized carbons (Fsp3) is 0.364. The lowest BCUT2D eigenvalue weighted by Gasteiger charge is -2.26. The van der Waals surface area contributed by atoms with Crippen LogP contribution in [0.25, 0.3) is 0 Å². The van der Waals surface area contributed by atoms with Crippen molar-refractivity contribution in [2.45, 2.75) is 38.6 Å². The maximum Gasteiger partial charge on any atom is 0.251 e. The zero-order valence-electron chi connectivity index (χ0n) is 15.8. The third-order valence-corrected chi connectivity index (χ3v) is 5.03. The molecule has 0 saturated carbocycles. The SMILES string of the molecule is CC(C)(CNC(=O)c1cccc(CN2CCCC2=O)c1)c1ccccc1F. The highest BCUT2D eigenvalue weighted by Crippen LogP contribution is 2.25. The molecule has 1 aliphatic heterocycles. The first-order valence-electron chi connectivity index (χ1n) is 9.27. The normalized spacial score (nSPS) is 14.5. The minimum absolute atomic E-state index is 0.163. The Bertz CT molecular complexity index is 848. The summed E-state index contributed by atoms with van der Waals surface area (Å²) in [5, 5.41) is 2.91. The number of hydrogen-bond donors (Lipinski definition) is 1. The molecule has 2 aromatic carbocycles. The molecule has 1 N–H and O–H groups in total. The molecule has 0 radical (unpaired) electrons. The van der Waals surface area contributed by atoms with E-state index in [1.165, 1.54) is 6.07 Å². The summed E-state index contributed by atoms with van der Waals surface area (Å²) in [6.07, 6.45) is 1.50. The lowest BCUT2D eigenvalue weighted by molar-refractivity contribution is -0.128. The van der Waals surface area contributed by atoms with Crippen molar-refractivity contribution in [3.63, 3.8) is 0 Å². The molecule has 0 aliphatic carbocycles. The fourth-order valence-electron chi connectivity index (χ4n) is 3.41. The van der Waals surface area contributed by atoms with Crippen LogP contribution < -0.4 is 5.32 Å². The number of nitrogens with zero attached hydrogens (tertiary/aromatic N) is 1. The van der Waals surface area contributed by atoms with Gasteiger partial charge in [0.2, 0.25) is 5.91 Å². The molecule has 2 amide bonds. The van der Waals surface area contributed by atoms with Crippen LogP contribution in [0.3, 0.4) is 0 Å². The second-order valence-electron chi connectivity index (χ2n) is 7.67. The van der Waals surface area contributed by atoms with Crippen LogP contribution in [0.15, 0.2) is 48.5 Å². The van der Waals surface area contributed by atoms with Crippen LogP contribution in [0.1, 0.15) is 48.2 Å². The highest BCUT2D eigenvalue weighted by atomic mass is 19.1. The number of rotatable bonds is 6. The van der Waals surface area contributed by atoms with E-state index in [4.69, 9.17) is 0 Å². The third kappa shape index (κ3) is 4.54. The minimum atomic E-state index is -0.527. The molecule has 0 atom stereocenters. The van der Waals surface area contributed by atoms with Gasteiger partial charge in [0.1, 0.15) is 5.82 Å². The van der Waals surface area contributed by atoms with Gasteiger partial charge in [0.15, 0.2) is 0 Å². The predicted octanol–water partition coefficient (Wildman–Crippen LogP) is 3.66. The van der Waals surface area contributed by atoms with Gasteiger partial charge in [0, 0.05) is 37.0 Å². The largest absolute Gasteiger partial charge is 0.351 e. The van der Waals surface area contributed by atoms with Crippen LogP contribution in [0.5, 0.6) is 0 Å². The third-order valence-electron chi connectivity index (χ3n) is 5.03. The monoisotopic (exact) mass is 368 g/mol. The number of benzene rings is 2. The van der Waals surface area contributed by atoms with Gasteiger partial charge in [-0.15, -0.1) is 0 Å². The van der Waals surface area contributed by atoms with Crippen molar-refractivity contribution in [1.29, 1.82) is 0 Å². The first-order valence-corrected chi connectivity index (χ1v) is 9.27. The molecule has 2 aromatic rings. The predicted molar refractivity (Wildman–Crippen MR) is 103 cm³/mol. The number of amides is 2. The highest BCUT2D eigenvalue weighted by molar-refractivity contribution is 5.94. The average Bonchev–Trinajstić information content (AvgIpc) is 3.05. The topological polar surface area (TPSA) is 49.4 Å². The van der Waals surface area contributed by atoms with Gasteiger partial charge in [-0.25, -0.2) is 4.39 Å². The number of nitrogens with one attached hydrogen (secondary N) is 1. The molecule has 27 heavy (non-hydrogen) atoms. The minimum Gasteiger partial charge on any atom is -0.351 e. The number of likely N-dealkylation sites (tertiary alicyclic amines) is 1. The summed E-state index contributed by atoms with van der Waals surface area (Å²) in [4.78, 5) is 26.2. The summed E-state index contributed by atoms with van der Waals surface area (Å²) >= 11 is 0. The van der Waals surface area contributed by atoms with Crippen molar-refractivity contribution in [3.05, 3.63) is 71.0 Å². The maximum atomic E-state index is 14.1. The Morgan fingerprint density at radius 2 is 1.96 bits per heavy atom. The zero-order chi connectivity index (χ0) is 19.4. The van der Waals surface area contributed by atoms with E-state index in [1.54, 1.807) is 24.3 Å². The second-order valence-corrected chi connectivity index (χ2v) is 7.67. The molecule has 0 spiro atoms. The van der Waals surface area contributed by atoms with Crippen LogP contribution in [-0.4, -0.2) is 29.8 Å². The first kappa shape index (κ1) is 19.1. The number of hydrogen-bond acceptors (Lipinski definition) is 2. The Kier molecular flexibility index (Phi) is 5.59. The van der Waals surface area contributed by atoms with E-state index in [9.17, 15) is 14.0 Å². The Morgan fingerprint density at radius 3 is 2.67 bits per heavy atom.